The van der Waals surface area contributed by atoms with Crippen molar-refractivity contribution in [2.24, 2.45) is 0 Å². The summed E-state index contributed by atoms with van der Waals surface area (Å²) < 4.78 is 25.5. The molecule has 0 radical (unpaired) electrons. The minimum absolute atomic E-state index is 0.0421. The van der Waals surface area contributed by atoms with Gasteiger partial charge < -0.3 is 9.47 Å². The molecule has 0 fully saturated rings. The van der Waals surface area contributed by atoms with Crippen LogP contribution in [0.5, 0.6) is 11.5 Å². The number of rotatable bonds is 5. The number of hydrogen-bond donors (Lipinski definition) is 0. The summed E-state index contributed by atoms with van der Waals surface area (Å²) in [5, 5.41) is 0.704. The van der Waals surface area contributed by atoms with E-state index in [-0.39, 0.29) is 34.5 Å². The molecule has 0 saturated heterocycles. The Kier molecular flexibility index (Phi) is 5.81. The number of benzene rings is 3. The van der Waals surface area contributed by atoms with Crippen LogP contribution < -0.4 is 9.47 Å². The van der Waals surface area contributed by atoms with Crippen molar-refractivity contribution >= 4 is 40.8 Å². The van der Waals surface area contributed by atoms with Crippen molar-refractivity contribution in [1.82, 2.24) is 0 Å². The minimum Gasteiger partial charge on any atom is -0.485 e. The summed E-state index contributed by atoms with van der Waals surface area (Å²) in [6, 6.07) is 13.9. The van der Waals surface area contributed by atoms with E-state index in [1.165, 1.54) is 24.3 Å². The van der Waals surface area contributed by atoms with E-state index in [4.69, 9.17) is 32.7 Å². The average molecular weight is 457 g/mol. The van der Waals surface area contributed by atoms with Crippen LogP contribution in [0.4, 0.5) is 4.39 Å². The van der Waals surface area contributed by atoms with Crippen LogP contribution in [0.15, 0.2) is 60.4 Å². The van der Waals surface area contributed by atoms with Crippen LogP contribution in [0.3, 0.4) is 0 Å². The van der Waals surface area contributed by atoms with Crippen LogP contribution in [0.2, 0.25) is 10.0 Å². The summed E-state index contributed by atoms with van der Waals surface area (Å²) in [6.45, 7) is 1.52. The zero-order valence-corrected chi connectivity index (χ0v) is 17.8. The average Bonchev–Trinajstić information content (AvgIpc) is 3.07. The van der Waals surface area contributed by atoms with Crippen molar-refractivity contribution in [1.29, 1.82) is 0 Å². The molecule has 0 atom stereocenters. The molecule has 7 heteroatoms. The van der Waals surface area contributed by atoms with E-state index in [1.54, 1.807) is 43.3 Å². The quantitative estimate of drug-likeness (QED) is 0.333. The number of allylic oxidation sites excluding steroid dienone is 1. The van der Waals surface area contributed by atoms with Gasteiger partial charge in [-0.1, -0.05) is 29.3 Å². The minimum atomic E-state index is -0.561. The monoisotopic (exact) mass is 456 g/mol. The molecule has 3 aromatic rings. The Morgan fingerprint density at radius 1 is 1.10 bits per heavy atom. The van der Waals surface area contributed by atoms with E-state index < -0.39 is 5.82 Å². The predicted molar refractivity (Wildman–Crippen MR) is 117 cm³/mol. The normalized spacial score (nSPS) is 13.8. The van der Waals surface area contributed by atoms with Crippen LogP contribution in [-0.2, 0) is 0 Å². The van der Waals surface area contributed by atoms with Crippen molar-refractivity contribution in [3.05, 3.63) is 98.5 Å². The largest absolute Gasteiger partial charge is 0.485 e. The maximum atomic E-state index is 14.1. The highest BCUT2D eigenvalue weighted by molar-refractivity contribution is 6.32. The fourth-order valence-corrected chi connectivity index (χ4v) is 3.51. The van der Waals surface area contributed by atoms with Crippen molar-refractivity contribution < 1.29 is 23.5 Å². The summed E-state index contributed by atoms with van der Waals surface area (Å²) in [5.41, 5.74) is 1.43. The lowest BCUT2D eigenvalue weighted by Gasteiger charge is -2.11. The van der Waals surface area contributed by atoms with Gasteiger partial charge in [0, 0.05) is 21.7 Å². The number of carbonyl (C=O) groups is 2. The fraction of sp³-hybridized carbons (Fsp3) is 0.0833. The number of halogens is 3. The van der Waals surface area contributed by atoms with E-state index in [1.807, 2.05) is 0 Å². The zero-order valence-electron chi connectivity index (χ0n) is 16.2. The molecule has 0 aromatic heterocycles. The Hall–Kier alpha value is -3.15. The number of Topliss-reactive ketones (excluding diaryl/α,β-unsaturated/α-hetero) is 2. The highest BCUT2D eigenvalue weighted by atomic mass is 35.5. The maximum Gasteiger partial charge on any atom is 0.231 e. The van der Waals surface area contributed by atoms with Gasteiger partial charge in [0.2, 0.25) is 5.78 Å². The van der Waals surface area contributed by atoms with Crippen molar-refractivity contribution in [3.8, 4) is 11.5 Å². The lowest BCUT2D eigenvalue weighted by molar-refractivity contribution is 0.0920. The van der Waals surface area contributed by atoms with Crippen molar-refractivity contribution in [2.45, 2.75) is 6.92 Å². The number of fused-ring (bicyclic) bond motifs is 1. The van der Waals surface area contributed by atoms with Gasteiger partial charge in [0.15, 0.2) is 18.1 Å². The van der Waals surface area contributed by atoms with Crippen molar-refractivity contribution in [2.75, 3.05) is 6.61 Å². The van der Waals surface area contributed by atoms with Gasteiger partial charge in [0.05, 0.1) is 10.6 Å². The topological polar surface area (TPSA) is 52.6 Å². The molecular weight excluding hydrogens is 442 g/mol. The molecule has 1 aliphatic heterocycles. The second-order valence-electron chi connectivity index (χ2n) is 6.86. The molecule has 3 aromatic carbocycles. The lowest BCUT2D eigenvalue weighted by atomic mass is 10.1. The number of ether oxygens (including phenoxy) is 2. The van der Waals surface area contributed by atoms with Crippen LogP contribution in [0.25, 0.3) is 6.08 Å². The highest BCUT2D eigenvalue weighted by Crippen LogP contribution is 2.39. The molecule has 1 aliphatic rings. The number of hydrogen-bond acceptors (Lipinski definition) is 4. The Bertz CT molecular complexity index is 1210. The zero-order chi connectivity index (χ0) is 22.1. The van der Waals surface area contributed by atoms with Crippen LogP contribution >= 0.6 is 23.2 Å². The van der Waals surface area contributed by atoms with E-state index in [9.17, 15) is 14.0 Å². The molecule has 0 aliphatic carbocycles. The molecule has 31 heavy (non-hydrogen) atoms. The summed E-state index contributed by atoms with van der Waals surface area (Å²) in [6.07, 6.45) is 1.28. The second kappa shape index (κ2) is 8.53. The van der Waals surface area contributed by atoms with E-state index in [0.717, 1.165) is 0 Å². The number of ketones is 2. The highest BCUT2D eigenvalue weighted by Gasteiger charge is 2.30. The van der Waals surface area contributed by atoms with Gasteiger partial charge in [0.25, 0.3) is 0 Å². The summed E-state index contributed by atoms with van der Waals surface area (Å²) in [7, 11) is 0. The standard InChI is InChI=1S/C24H15Cl2FO4/c1-13-21(30-12-20(28)14-5-7-15(25)8-6-14)10-9-16-23(29)22(31-24(13)16)11-17-18(26)3-2-4-19(17)27/h2-11H,12H2,1H3/b22-11-. The molecule has 156 valence electrons. The number of carbonyl (C=O) groups excluding carboxylic acids is 2. The van der Waals surface area contributed by atoms with Crippen molar-refractivity contribution in [3.63, 3.8) is 0 Å². The molecular formula is C24H15Cl2FO4. The summed E-state index contributed by atoms with van der Waals surface area (Å²) >= 11 is 11.9. The fourth-order valence-electron chi connectivity index (χ4n) is 3.17. The van der Waals surface area contributed by atoms with Crippen LogP contribution in [0.1, 0.15) is 31.8 Å². The molecule has 4 rings (SSSR count). The first-order valence-corrected chi connectivity index (χ1v) is 10.0. The molecule has 0 bridgehead atoms. The molecule has 4 nitrogen and oxygen atoms in total. The van der Waals surface area contributed by atoms with E-state index in [0.29, 0.717) is 33.2 Å². The van der Waals surface area contributed by atoms with E-state index >= 15 is 0 Å². The lowest BCUT2D eigenvalue weighted by Crippen LogP contribution is -2.12. The molecule has 0 unspecified atom stereocenters. The Labute approximate surface area is 187 Å². The van der Waals surface area contributed by atoms with Gasteiger partial charge in [-0.15, -0.1) is 0 Å². The van der Waals surface area contributed by atoms with Gasteiger partial charge in [-0.3, -0.25) is 9.59 Å². The Balaban J connectivity index is 1.56. The SMILES string of the molecule is Cc1c(OCC(=O)c2ccc(Cl)cc2)ccc2c1O/C(=C\c1c(F)cccc1Cl)C2=O. The van der Waals surface area contributed by atoms with E-state index in [2.05, 4.69) is 0 Å². The van der Waals surface area contributed by atoms with Gasteiger partial charge in [-0.05, 0) is 61.5 Å². The van der Waals surface area contributed by atoms with Gasteiger partial charge in [0.1, 0.15) is 17.3 Å². The smallest absolute Gasteiger partial charge is 0.231 e. The first-order chi connectivity index (χ1) is 14.8. The van der Waals surface area contributed by atoms with Crippen LogP contribution in [0, 0.1) is 12.7 Å². The Morgan fingerprint density at radius 2 is 1.84 bits per heavy atom. The third kappa shape index (κ3) is 4.20. The summed E-state index contributed by atoms with van der Waals surface area (Å²) in [5.74, 6) is -0.503. The van der Waals surface area contributed by atoms with Gasteiger partial charge in [-0.2, -0.15) is 0 Å². The predicted octanol–water partition coefficient (Wildman–Crippen LogP) is 6.32. The first kappa shape index (κ1) is 21.1. The Morgan fingerprint density at radius 3 is 2.55 bits per heavy atom. The molecule has 0 amide bonds. The van der Waals surface area contributed by atoms with Gasteiger partial charge >= 0.3 is 0 Å². The third-order valence-electron chi connectivity index (χ3n) is 4.84. The molecule has 0 saturated carbocycles. The van der Waals surface area contributed by atoms with Gasteiger partial charge in [-0.25, -0.2) is 4.39 Å². The maximum absolute atomic E-state index is 14.1. The second-order valence-corrected chi connectivity index (χ2v) is 7.70. The summed E-state index contributed by atoms with van der Waals surface area (Å²) in [4.78, 5) is 25.0. The molecule has 0 spiro atoms. The first-order valence-electron chi connectivity index (χ1n) is 9.28. The third-order valence-corrected chi connectivity index (χ3v) is 5.42. The molecule has 1 heterocycles. The molecule has 0 N–H and O–H groups in total. The van der Waals surface area contributed by atoms with Crippen LogP contribution in [-0.4, -0.2) is 18.2 Å².